The van der Waals surface area contributed by atoms with E-state index in [-0.39, 0.29) is 16.9 Å². The molecule has 1 aromatic carbocycles. The van der Waals surface area contributed by atoms with Crippen molar-refractivity contribution in [3.63, 3.8) is 0 Å². The normalized spacial score (nSPS) is 21.8. The number of carbonyl (C=O) groups is 1. The summed E-state index contributed by atoms with van der Waals surface area (Å²) in [5, 5.41) is 0. The Morgan fingerprint density at radius 3 is 2.00 bits per heavy atom. The number of benzene rings is 1. The molecular formula is C14H13F3O. The fraction of sp³-hybridized carbons (Fsp3) is 0.357. The van der Waals surface area contributed by atoms with E-state index in [1.54, 1.807) is 12.1 Å². The molecule has 1 aliphatic carbocycles. The highest BCUT2D eigenvalue weighted by atomic mass is 19.4. The molecule has 0 spiro atoms. The van der Waals surface area contributed by atoms with E-state index in [9.17, 15) is 18.0 Å². The second-order valence-electron chi connectivity index (χ2n) is 5.13. The van der Waals surface area contributed by atoms with E-state index in [2.05, 4.69) is 6.58 Å². The van der Waals surface area contributed by atoms with Crippen LogP contribution in [0, 0.1) is 5.41 Å². The first-order valence-corrected chi connectivity index (χ1v) is 5.56. The van der Waals surface area contributed by atoms with Crippen LogP contribution in [-0.2, 0) is 0 Å². The summed E-state index contributed by atoms with van der Waals surface area (Å²) >= 11 is 0. The number of allylic oxidation sites excluding steroid dienone is 1. The summed E-state index contributed by atoms with van der Waals surface area (Å²) in [6.07, 6.45) is -4.82. The van der Waals surface area contributed by atoms with Crippen molar-refractivity contribution >= 4 is 5.78 Å². The van der Waals surface area contributed by atoms with Crippen LogP contribution in [-0.4, -0.2) is 12.0 Å². The third kappa shape index (κ3) is 1.96. The molecule has 4 heteroatoms. The van der Waals surface area contributed by atoms with Crippen molar-refractivity contribution in [2.24, 2.45) is 5.41 Å². The van der Waals surface area contributed by atoms with Crippen LogP contribution in [0.25, 0.3) is 0 Å². The fourth-order valence-electron chi connectivity index (χ4n) is 2.24. The van der Waals surface area contributed by atoms with Gasteiger partial charge in [0.25, 0.3) is 5.78 Å². The highest BCUT2D eigenvalue weighted by molar-refractivity contribution is 6.00. The molecule has 0 saturated heterocycles. The van der Waals surface area contributed by atoms with Gasteiger partial charge in [-0.25, -0.2) is 0 Å². The minimum Gasteiger partial charge on any atom is -0.284 e. The van der Waals surface area contributed by atoms with Crippen LogP contribution in [0.3, 0.4) is 0 Å². The Kier molecular flexibility index (Phi) is 2.65. The predicted molar refractivity (Wildman–Crippen MR) is 62.5 cm³/mol. The summed E-state index contributed by atoms with van der Waals surface area (Å²) in [6.45, 7) is 8.00. The summed E-state index contributed by atoms with van der Waals surface area (Å²) in [6, 6.07) is 5.60. The molecule has 1 unspecified atom stereocenters. The molecule has 1 nitrogen and oxygen atoms in total. The minimum atomic E-state index is -4.82. The maximum absolute atomic E-state index is 12.2. The fourth-order valence-corrected chi connectivity index (χ4v) is 2.24. The molecule has 1 atom stereocenters. The maximum atomic E-state index is 12.2. The quantitative estimate of drug-likeness (QED) is 0.573. The van der Waals surface area contributed by atoms with Gasteiger partial charge in [-0.3, -0.25) is 4.79 Å². The van der Waals surface area contributed by atoms with E-state index in [0.29, 0.717) is 0 Å². The SMILES string of the molecule is C=C1C(c2ccc(C(=O)C(F)(F)F)cc2)C1(C)C. The zero-order valence-electron chi connectivity index (χ0n) is 10.1. The van der Waals surface area contributed by atoms with E-state index < -0.39 is 12.0 Å². The molecule has 0 heterocycles. The van der Waals surface area contributed by atoms with Crippen LogP contribution < -0.4 is 0 Å². The van der Waals surface area contributed by atoms with Gasteiger partial charge in [-0.05, 0) is 11.0 Å². The molecule has 0 aliphatic heterocycles. The number of Topliss-reactive ketones (excluding diaryl/α,β-unsaturated/α-hetero) is 1. The molecule has 1 fully saturated rings. The Hall–Kier alpha value is -1.58. The second-order valence-corrected chi connectivity index (χ2v) is 5.13. The van der Waals surface area contributed by atoms with E-state index in [1.165, 1.54) is 12.1 Å². The lowest BCUT2D eigenvalue weighted by atomic mass is 10.0. The van der Waals surface area contributed by atoms with E-state index in [1.807, 2.05) is 13.8 Å². The Morgan fingerprint density at radius 1 is 1.22 bits per heavy atom. The zero-order chi connectivity index (χ0) is 13.7. The minimum absolute atomic E-state index is 0.00441. The predicted octanol–water partition coefficient (Wildman–Crippen LogP) is 4.11. The average Bonchev–Trinajstić information content (AvgIpc) is 2.76. The first-order chi connectivity index (χ1) is 8.15. The Morgan fingerprint density at radius 2 is 1.67 bits per heavy atom. The standard InChI is InChI=1S/C14H13F3O/c1-8-11(13(8,2)3)9-4-6-10(7-5-9)12(18)14(15,16)17/h4-7,11H,1H2,2-3H3. The first kappa shape index (κ1) is 12.9. The van der Waals surface area contributed by atoms with Crippen molar-refractivity contribution in [2.45, 2.75) is 25.9 Å². The lowest BCUT2D eigenvalue weighted by Gasteiger charge is -2.06. The van der Waals surface area contributed by atoms with Crippen molar-refractivity contribution in [3.05, 3.63) is 47.5 Å². The van der Waals surface area contributed by atoms with Crippen LogP contribution in [0.2, 0.25) is 0 Å². The third-order valence-electron chi connectivity index (χ3n) is 3.58. The summed E-state index contributed by atoms with van der Waals surface area (Å²) in [5.74, 6) is -1.63. The van der Waals surface area contributed by atoms with E-state index in [0.717, 1.165) is 11.1 Å². The summed E-state index contributed by atoms with van der Waals surface area (Å²) in [7, 11) is 0. The zero-order valence-corrected chi connectivity index (χ0v) is 10.1. The van der Waals surface area contributed by atoms with Gasteiger partial charge in [0.1, 0.15) is 0 Å². The smallest absolute Gasteiger partial charge is 0.284 e. The van der Waals surface area contributed by atoms with Gasteiger partial charge in [0.2, 0.25) is 0 Å². The molecule has 1 saturated carbocycles. The van der Waals surface area contributed by atoms with Gasteiger partial charge in [-0.1, -0.05) is 50.3 Å². The maximum Gasteiger partial charge on any atom is 0.454 e. The molecule has 0 N–H and O–H groups in total. The van der Waals surface area contributed by atoms with Crippen molar-refractivity contribution in [1.29, 1.82) is 0 Å². The van der Waals surface area contributed by atoms with Gasteiger partial charge in [0.05, 0.1) is 0 Å². The molecule has 0 bridgehead atoms. The molecule has 2 rings (SSSR count). The number of rotatable bonds is 2. The number of hydrogen-bond donors (Lipinski definition) is 0. The van der Waals surface area contributed by atoms with Crippen LogP contribution in [0.4, 0.5) is 13.2 Å². The van der Waals surface area contributed by atoms with Gasteiger partial charge in [0.15, 0.2) is 0 Å². The van der Waals surface area contributed by atoms with E-state index in [4.69, 9.17) is 0 Å². The summed E-state index contributed by atoms with van der Waals surface area (Å²) in [5.41, 5.74) is 1.65. The van der Waals surface area contributed by atoms with Gasteiger partial charge >= 0.3 is 6.18 Å². The second kappa shape index (κ2) is 3.70. The van der Waals surface area contributed by atoms with Crippen LogP contribution >= 0.6 is 0 Å². The summed E-state index contributed by atoms with van der Waals surface area (Å²) < 4.78 is 36.7. The molecule has 0 radical (unpaired) electrons. The Balaban J connectivity index is 2.23. The third-order valence-corrected chi connectivity index (χ3v) is 3.58. The number of halogens is 3. The first-order valence-electron chi connectivity index (χ1n) is 5.56. The molecule has 18 heavy (non-hydrogen) atoms. The molecule has 96 valence electrons. The molecular weight excluding hydrogens is 241 g/mol. The number of ketones is 1. The number of alkyl halides is 3. The molecule has 0 aromatic heterocycles. The highest BCUT2D eigenvalue weighted by Crippen LogP contribution is 2.62. The topological polar surface area (TPSA) is 17.1 Å². The molecule has 1 aromatic rings. The van der Waals surface area contributed by atoms with Gasteiger partial charge in [-0.2, -0.15) is 13.2 Å². The largest absolute Gasteiger partial charge is 0.454 e. The van der Waals surface area contributed by atoms with Crippen molar-refractivity contribution in [2.75, 3.05) is 0 Å². The Labute approximate surface area is 103 Å². The van der Waals surface area contributed by atoms with Gasteiger partial charge in [0, 0.05) is 11.5 Å². The lowest BCUT2D eigenvalue weighted by Crippen LogP contribution is -2.22. The average molecular weight is 254 g/mol. The summed E-state index contributed by atoms with van der Waals surface area (Å²) in [4.78, 5) is 11.0. The van der Waals surface area contributed by atoms with Gasteiger partial charge in [-0.15, -0.1) is 0 Å². The van der Waals surface area contributed by atoms with Crippen LogP contribution in [0.15, 0.2) is 36.4 Å². The van der Waals surface area contributed by atoms with Crippen LogP contribution in [0.1, 0.15) is 35.7 Å². The lowest BCUT2D eigenvalue weighted by molar-refractivity contribution is -0.0885. The van der Waals surface area contributed by atoms with Crippen molar-refractivity contribution in [3.8, 4) is 0 Å². The number of carbonyl (C=O) groups excluding carboxylic acids is 1. The Bertz CT molecular complexity index is 509. The van der Waals surface area contributed by atoms with Crippen molar-refractivity contribution < 1.29 is 18.0 Å². The van der Waals surface area contributed by atoms with E-state index >= 15 is 0 Å². The van der Waals surface area contributed by atoms with Gasteiger partial charge < -0.3 is 0 Å². The van der Waals surface area contributed by atoms with Crippen molar-refractivity contribution in [1.82, 2.24) is 0 Å². The molecule has 0 amide bonds. The highest BCUT2D eigenvalue weighted by Gasteiger charge is 2.51. The number of hydrogen-bond acceptors (Lipinski definition) is 1. The monoisotopic (exact) mass is 254 g/mol. The van der Waals surface area contributed by atoms with Crippen LogP contribution in [0.5, 0.6) is 0 Å². The molecule has 1 aliphatic rings.